The van der Waals surface area contributed by atoms with Gasteiger partial charge in [-0.2, -0.15) is 0 Å². The summed E-state index contributed by atoms with van der Waals surface area (Å²) in [5.41, 5.74) is 1.95. The SMILES string of the molecule is CCN(CC)C(=O)C(C)n1c(=S)[nH]c2cc(I)ccc21. The summed E-state index contributed by atoms with van der Waals surface area (Å²) in [7, 11) is 0. The van der Waals surface area contributed by atoms with Gasteiger partial charge in [0.05, 0.1) is 11.0 Å². The fourth-order valence-corrected chi connectivity index (χ4v) is 3.26. The number of likely N-dealkylation sites (N-methyl/N-ethyl adjacent to an activating group) is 1. The Balaban J connectivity index is 2.49. The van der Waals surface area contributed by atoms with Gasteiger partial charge in [-0.3, -0.25) is 4.79 Å². The maximum atomic E-state index is 12.5. The average Bonchev–Trinajstić information content (AvgIpc) is 2.74. The minimum absolute atomic E-state index is 0.102. The summed E-state index contributed by atoms with van der Waals surface area (Å²) >= 11 is 7.65. The molecule has 0 aliphatic rings. The van der Waals surface area contributed by atoms with E-state index in [2.05, 4.69) is 27.6 Å². The molecule has 108 valence electrons. The van der Waals surface area contributed by atoms with Crippen LogP contribution in [-0.4, -0.2) is 33.4 Å². The van der Waals surface area contributed by atoms with Crippen LogP contribution in [0.15, 0.2) is 18.2 Å². The lowest BCUT2D eigenvalue weighted by Crippen LogP contribution is -2.36. The van der Waals surface area contributed by atoms with Gasteiger partial charge in [0.1, 0.15) is 6.04 Å². The highest BCUT2D eigenvalue weighted by Crippen LogP contribution is 2.22. The average molecular weight is 403 g/mol. The summed E-state index contributed by atoms with van der Waals surface area (Å²) in [5, 5.41) is 0. The van der Waals surface area contributed by atoms with Crippen LogP contribution in [0.1, 0.15) is 26.8 Å². The van der Waals surface area contributed by atoms with Crippen LogP contribution in [0.4, 0.5) is 0 Å². The molecule has 2 rings (SSSR count). The second-order valence-electron chi connectivity index (χ2n) is 4.65. The molecule has 0 fully saturated rings. The van der Waals surface area contributed by atoms with Gasteiger partial charge in [0.15, 0.2) is 4.77 Å². The highest BCUT2D eigenvalue weighted by atomic mass is 127. The highest BCUT2D eigenvalue weighted by Gasteiger charge is 2.22. The molecule has 0 bridgehead atoms. The Morgan fingerprint density at radius 2 is 2.10 bits per heavy atom. The Hall–Kier alpha value is -0.890. The third-order valence-electron chi connectivity index (χ3n) is 3.50. The normalized spacial score (nSPS) is 12.6. The maximum Gasteiger partial charge on any atom is 0.245 e. The molecule has 20 heavy (non-hydrogen) atoms. The predicted molar refractivity (Wildman–Crippen MR) is 92.5 cm³/mol. The summed E-state index contributed by atoms with van der Waals surface area (Å²) in [6.07, 6.45) is 0. The van der Waals surface area contributed by atoms with E-state index in [1.165, 1.54) is 0 Å². The molecule has 0 saturated heterocycles. The number of hydrogen-bond acceptors (Lipinski definition) is 2. The van der Waals surface area contributed by atoms with E-state index in [1.54, 1.807) is 0 Å². The first-order valence-corrected chi connectivity index (χ1v) is 8.16. The fourth-order valence-electron chi connectivity index (χ4n) is 2.40. The first kappa shape index (κ1) is 15.5. The standard InChI is InChI=1S/C14H18IN3OS/c1-4-17(5-2)13(19)9(3)18-12-7-6-10(15)8-11(12)16-14(18)20/h6-9H,4-5H2,1-3H3,(H,16,20). The number of rotatable bonds is 4. The van der Waals surface area contributed by atoms with E-state index in [0.717, 1.165) is 14.6 Å². The molecular formula is C14H18IN3OS. The Morgan fingerprint density at radius 1 is 1.45 bits per heavy atom. The van der Waals surface area contributed by atoms with Crippen LogP contribution in [0, 0.1) is 8.34 Å². The lowest BCUT2D eigenvalue weighted by atomic mass is 10.2. The number of H-pyrrole nitrogens is 1. The van der Waals surface area contributed by atoms with E-state index in [-0.39, 0.29) is 11.9 Å². The van der Waals surface area contributed by atoms with Crippen LogP contribution >= 0.6 is 34.8 Å². The smallest absolute Gasteiger partial charge is 0.245 e. The third kappa shape index (κ3) is 2.76. The van der Waals surface area contributed by atoms with Crippen molar-refractivity contribution in [1.29, 1.82) is 0 Å². The molecule has 0 radical (unpaired) electrons. The molecule has 0 saturated carbocycles. The zero-order valence-electron chi connectivity index (χ0n) is 11.8. The van der Waals surface area contributed by atoms with Gasteiger partial charge in [0.2, 0.25) is 5.91 Å². The fraction of sp³-hybridized carbons (Fsp3) is 0.429. The highest BCUT2D eigenvalue weighted by molar-refractivity contribution is 14.1. The number of aromatic amines is 1. The van der Waals surface area contributed by atoms with Gasteiger partial charge in [-0.05, 0) is 73.8 Å². The molecule has 1 aromatic heterocycles. The number of nitrogens with zero attached hydrogens (tertiary/aromatic N) is 2. The molecule has 1 unspecified atom stereocenters. The second kappa shape index (κ2) is 6.26. The van der Waals surface area contributed by atoms with Crippen molar-refractivity contribution in [3.8, 4) is 0 Å². The van der Waals surface area contributed by atoms with E-state index in [4.69, 9.17) is 12.2 Å². The Bertz CT molecular complexity index is 687. The summed E-state index contributed by atoms with van der Waals surface area (Å²) in [5.74, 6) is 0.102. The number of fused-ring (bicyclic) bond motifs is 1. The van der Waals surface area contributed by atoms with E-state index in [9.17, 15) is 4.79 Å². The quantitative estimate of drug-likeness (QED) is 0.625. The molecule has 1 aromatic carbocycles. The van der Waals surface area contributed by atoms with E-state index in [0.29, 0.717) is 17.9 Å². The van der Waals surface area contributed by atoms with E-state index >= 15 is 0 Å². The van der Waals surface area contributed by atoms with Gasteiger partial charge in [0.25, 0.3) is 0 Å². The van der Waals surface area contributed by atoms with Crippen LogP contribution in [0.5, 0.6) is 0 Å². The van der Waals surface area contributed by atoms with Crippen molar-refractivity contribution in [1.82, 2.24) is 14.5 Å². The van der Waals surface area contributed by atoms with Crippen molar-refractivity contribution in [2.45, 2.75) is 26.8 Å². The van der Waals surface area contributed by atoms with Gasteiger partial charge in [-0.15, -0.1) is 0 Å². The number of carbonyl (C=O) groups excluding carboxylic acids is 1. The third-order valence-corrected chi connectivity index (χ3v) is 4.47. The molecule has 0 spiro atoms. The lowest BCUT2D eigenvalue weighted by molar-refractivity contribution is -0.133. The van der Waals surface area contributed by atoms with Crippen LogP contribution in [0.3, 0.4) is 0 Å². The van der Waals surface area contributed by atoms with Gasteiger partial charge in [-0.25, -0.2) is 0 Å². The zero-order valence-corrected chi connectivity index (χ0v) is 14.8. The topological polar surface area (TPSA) is 41.0 Å². The molecule has 6 heteroatoms. The predicted octanol–water partition coefficient (Wildman–Crippen LogP) is 3.73. The van der Waals surface area contributed by atoms with Crippen LogP contribution in [-0.2, 0) is 4.79 Å². The molecule has 0 aliphatic carbocycles. The zero-order chi connectivity index (χ0) is 14.9. The van der Waals surface area contributed by atoms with Crippen molar-refractivity contribution in [2.24, 2.45) is 0 Å². The molecule has 1 atom stereocenters. The number of imidazole rings is 1. The Labute approximate surface area is 137 Å². The van der Waals surface area contributed by atoms with Gasteiger partial charge in [0, 0.05) is 16.7 Å². The number of halogens is 1. The molecule has 1 amide bonds. The van der Waals surface area contributed by atoms with Gasteiger partial charge >= 0.3 is 0 Å². The minimum atomic E-state index is -0.295. The summed E-state index contributed by atoms with van der Waals surface area (Å²) < 4.78 is 3.64. The molecule has 2 aromatic rings. The first-order chi connectivity index (χ1) is 9.49. The van der Waals surface area contributed by atoms with Crippen molar-refractivity contribution < 1.29 is 4.79 Å². The van der Waals surface area contributed by atoms with Crippen LogP contribution in [0.2, 0.25) is 0 Å². The summed E-state index contributed by atoms with van der Waals surface area (Å²) in [4.78, 5) is 17.5. The van der Waals surface area contributed by atoms with Gasteiger partial charge in [-0.1, -0.05) is 0 Å². The molecule has 1 heterocycles. The largest absolute Gasteiger partial charge is 0.341 e. The van der Waals surface area contributed by atoms with E-state index < -0.39 is 0 Å². The number of nitrogens with one attached hydrogen (secondary N) is 1. The molecular weight excluding hydrogens is 385 g/mol. The number of carbonyl (C=O) groups is 1. The number of hydrogen-bond donors (Lipinski definition) is 1. The van der Waals surface area contributed by atoms with E-state index in [1.807, 2.05) is 48.4 Å². The maximum absolute atomic E-state index is 12.5. The molecule has 0 aliphatic heterocycles. The van der Waals surface area contributed by atoms with Crippen molar-refractivity contribution >= 4 is 51.7 Å². The minimum Gasteiger partial charge on any atom is -0.341 e. The number of benzene rings is 1. The Morgan fingerprint density at radius 3 is 2.70 bits per heavy atom. The van der Waals surface area contributed by atoms with Crippen molar-refractivity contribution in [3.05, 3.63) is 26.5 Å². The second-order valence-corrected chi connectivity index (χ2v) is 6.28. The summed E-state index contributed by atoms with van der Waals surface area (Å²) in [6, 6.07) is 5.78. The van der Waals surface area contributed by atoms with Crippen LogP contribution < -0.4 is 0 Å². The van der Waals surface area contributed by atoms with Crippen molar-refractivity contribution in [2.75, 3.05) is 13.1 Å². The summed E-state index contributed by atoms with van der Waals surface area (Å²) in [6.45, 7) is 7.32. The molecule has 1 N–H and O–H groups in total. The van der Waals surface area contributed by atoms with Crippen molar-refractivity contribution in [3.63, 3.8) is 0 Å². The van der Waals surface area contributed by atoms with Crippen LogP contribution in [0.25, 0.3) is 11.0 Å². The number of amides is 1. The lowest BCUT2D eigenvalue weighted by Gasteiger charge is -2.24. The number of aromatic nitrogens is 2. The molecule has 4 nitrogen and oxygen atoms in total. The first-order valence-electron chi connectivity index (χ1n) is 6.68. The van der Waals surface area contributed by atoms with Gasteiger partial charge < -0.3 is 14.5 Å². The monoisotopic (exact) mass is 403 g/mol. The Kier molecular flexibility index (Phi) is 4.85.